The summed E-state index contributed by atoms with van der Waals surface area (Å²) in [4.78, 5) is 111. The predicted molar refractivity (Wildman–Crippen MR) is 237 cm³/mol. The number of carboxylic acid groups (broad SMARTS) is 1. The number of benzene rings is 2. The number of anilines is 1. The molecule has 1 unspecified atom stereocenters. The fourth-order valence-corrected chi connectivity index (χ4v) is 7.29. The van der Waals surface area contributed by atoms with Crippen molar-refractivity contribution in [2.45, 2.75) is 103 Å². The van der Waals surface area contributed by atoms with Crippen LogP contribution < -0.4 is 43.4 Å². The number of carboxylic acids is 1. The number of rotatable bonds is 23. The molecule has 0 spiro atoms. The third kappa shape index (κ3) is 13.9. The zero-order chi connectivity index (χ0) is 47.1. The third-order valence-electron chi connectivity index (χ3n) is 11.3. The number of pyridine rings is 1. The van der Waals surface area contributed by atoms with Gasteiger partial charge in [-0.1, -0.05) is 58.7 Å². The van der Waals surface area contributed by atoms with Gasteiger partial charge in [-0.15, -0.1) is 0 Å². The number of aliphatic carboxylic acids is 1. The van der Waals surface area contributed by atoms with Gasteiger partial charge >= 0.3 is 5.97 Å². The highest BCUT2D eigenvalue weighted by Gasteiger charge is 2.43. The molecule has 1 fully saturated rings. The van der Waals surface area contributed by atoms with Gasteiger partial charge in [-0.3, -0.25) is 48.7 Å². The lowest BCUT2D eigenvalue weighted by Gasteiger charge is -2.33. The zero-order valence-corrected chi connectivity index (χ0v) is 36.4. The largest absolute Gasteiger partial charge is 0.481 e. The number of nitrogens with zero attached hydrogens (tertiary/aromatic N) is 2. The maximum atomic E-state index is 14.0. The monoisotopic (exact) mass is 885 g/mol. The lowest BCUT2D eigenvalue weighted by atomic mass is 9.96. The first kappa shape index (κ1) is 49.5. The number of hydrogen-bond acceptors (Lipinski definition) is 10. The number of guanidine groups is 1. The third-order valence-corrected chi connectivity index (χ3v) is 11.3. The predicted octanol–water partition coefficient (Wildman–Crippen LogP) is 0.885. The van der Waals surface area contributed by atoms with Crippen LogP contribution in [0.3, 0.4) is 0 Å². The minimum absolute atomic E-state index is 0.0306. The second-order valence-corrected chi connectivity index (χ2v) is 16.0. The van der Waals surface area contributed by atoms with E-state index in [1.165, 1.54) is 4.90 Å². The minimum Gasteiger partial charge on any atom is -0.481 e. The molecule has 0 saturated carbocycles. The molecule has 1 aliphatic rings. The second kappa shape index (κ2) is 23.4. The van der Waals surface area contributed by atoms with Crippen LogP contribution in [0.1, 0.15) is 82.1 Å². The summed E-state index contributed by atoms with van der Waals surface area (Å²) in [6, 6.07) is 9.35. The average molecular weight is 886 g/mol. The summed E-state index contributed by atoms with van der Waals surface area (Å²) in [7, 11) is 0. The Hall–Kier alpha value is -7.12. The van der Waals surface area contributed by atoms with E-state index in [9.17, 15) is 43.5 Å². The number of primary amides is 1. The van der Waals surface area contributed by atoms with Crippen LogP contribution in [0.25, 0.3) is 10.9 Å². The van der Waals surface area contributed by atoms with Gasteiger partial charge in [0.2, 0.25) is 35.4 Å². The number of aromatic nitrogens is 1. The average Bonchev–Trinajstić information content (AvgIpc) is 3.60. The second-order valence-electron chi connectivity index (χ2n) is 16.0. The van der Waals surface area contributed by atoms with Crippen LogP contribution in [0.15, 0.2) is 60.8 Å². The molecule has 1 aromatic heterocycles. The van der Waals surface area contributed by atoms with E-state index in [-0.39, 0.29) is 56.6 Å². The van der Waals surface area contributed by atoms with Gasteiger partial charge in [0.15, 0.2) is 5.96 Å². The van der Waals surface area contributed by atoms with Crippen molar-refractivity contribution in [2.24, 2.45) is 23.3 Å². The molecule has 0 aliphatic carbocycles. The molecule has 12 N–H and O–H groups in total. The van der Waals surface area contributed by atoms with Gasteiger partial charge in [0.25, 0.3) is 5.91 Å². The number of amides is 7. The van der Waals surface area contributed by atoms with Crippen molar-refractivity contribution in [3.8, 4) is 0 Å². The topological polar surface area (TPSA) is 321 Å². The molecule has 2 heterocycles. The zero-order valence-electron chi connectivity index (χ0n) is 36.4. The van der Waals surface area contributed by atoms with Gasteiger partial charge in [-0.25, -0.2) is 0 Å². The lowest BCUT2D eigenvalue weighted by Crippen LogP contribution is -2.60. The summed E-state index contributed by atoms with van der Waals surface area (Å²) in [5.74, 6) is -7.25. The van der Waals surface area contributed by atoms with Gasteiger partial charge in [-0.05, 0) is 73.1 Å². The molecule has 1 aliphatic heterocycles. The number of nitrogens with two attached hydrogens (primary N) is 2. The molecule has 64 heavy (non-hydrogen) atoms. The highest BCUT2D eigenvalue weighted by atomic mass is 16.4. The summed E-state index contributed by atoms with van der Waals surface area (Å²) >= 11 is 0. The molecule has 7 amide bonds. The van der Waals surface area contributed by atoms with Crippen molar-refractivity contribution in [3.05, 3.63) is 71.9 Å². The number of carbonyl (C=O) groups excluding carboxylic acids is 7. The number of nitrogens with one attached hydrogen (secondary N) is 7. The summed E-state index contributed by atoms with van der Waals surface area (Å²) < 4.78 is 0. The number of hydrogen-bond donors (Lipinski definition) is 10. The molecule has 20 heteroatoms. The Morgan fingerprint density at radius 1 is 0.891 bits per heavy atom. The van der Waals surface area contributed by atoms with Gasteiger partial charge in [0.05, 0.1) is 18.4 Å². The Labute approximate surface area is 370 Å². The molecule has 1 saturated heterocycles. The summed E-state index contributed by atoms with van der Waals surface area (Å²) in [5.41, 5.74) is 13.2. The molecular formula is C44H59N11O9. The first-order valence-corrected chi connectivity index (χ1v) is 21.3. The van der Waals surface area contributed by atoms with E-state index < -0.39 is 84.0 Å². The summed E-state index contributed by atoms with van der Waals surface area (Å²) in [5, 5.41) is 33.7. The highest BCUT2D eigenvalue weighted by Crippen LogP contribution is 2.23. The highest BCUT2D eigenvalue weighted by molar-refractivity contribution is 6.06. The molecule has 3 aromatic rings. The molecular weight excluding hydrogens is 827 g/mol. The van der Waals surface area contributed by atoms with E-state index in [0.29, 0.717) is 29.7 Å². The lowest BCUT2D eigenvalue weighted by molar-refractivity contribution is -0.144. The van der Waals surface area contributed by atoms with Gasteiger partial charge in [0.1, 0.15) is 30.2 Å². The van der Waals surface area contributed by atoms with E-state index in [4.69, 9.17) is 16.9 Å². The standard InChI is InChI=1S/C44H59N11O9/c1-5-24(3)36(38(45)59)54-40(61)31(10-8-19-49-44(46)47)52-41(62)33(23-35(57)58)53-42(63)37(25(4)6-2)55-20-17-32(43(55)64)51-34(56)21-26-11-14-29(15-12-26)50-39(60)28-13-16-30-27(22-28)9-7-18-48-30/h7,9,11-16,18,22,24-25,31-33,36-37H,5-6,8,10,17,19-21,23H2,1-4H3,(H2,45,59)(H,50,60)(H,51,56)(H,52,62)(H,53,63)(H,54,61)(H,57,58)(H4,46,47,49)/t24-,25-,31+,32+,33?,36-,37-/m0/s1. The first-order valence-electron chi connectivity index (χ1n) is 21.3. The number of carbonyl (C=O) groups is 8. The van der Waals surface area contributed by atoms with Crippen molar-refractivity contribution in [1.82, 2.24) is 36.5 Å². The Morgan fingerprint density at radius 2 is 1.56 bits per heavy atom. The Balaban J connectivity index is 1.40. The van der Waals surface area contributed by atoms with Crippen molar-refractivity contribution in [1.29, 1.82) is 5.41 Å². The van der Waals surface area contributed by atoms with Crippen LogP contribution in [-0.2, 0) is 40.0 Å². The maximum absolute atomic E-state index is 14.0. The van der Waals surface area contributed by atoms with Crippen molar-refractivity contribution >= 4 is 69.9 Å². The first-order chi connectivity index (χ1) is 30.4. The van der Waals surface area contributed by atoms with Crippen molar-refractivity contribution in [3.63, 3.8) is 0 Å². The van der Waals surface area contributed by atoms with Gasteiger partial charge in [0, 0.05) is 35.9 Å². The van der Waals surface area contributed by atoms with E-state index in [1.807, 2.05) is 6.07 Å². The van der Waals surface area contributed by atoms with Crippen LogP contribution in [0.4, 0.5) is 5.69 Å². The molecule has 344 valence electrons. The summed E-state index contributed by atoms with van der Waals surface area (Å²) in [6.45, 7) is 7.27. The van der Waals surface area contributed by atoms with Crippen LogP contribution in [0.2, 0.25) is 0 Å². The Bertz CT molecular complexity index is 2200. The van der Waals surface area contributed by atoms with E-state index in [0.717, 1.165) is 10.9 Å². The fourth-order valence-electron chi connectivity index (χ4n) is 7.29. The van der Waals surface area contributed by atoms with Gasteiger partial charge < -0.3 is 53.4 Å². The van der Waals surface area contributed by atoms with Crippen LogP contribution >= 0.6 is 0 Å². The SMILES string of the molecule is CC[C@H](C)[C@H](NC(=O)[C@@H](CCCNC(=N)N)NC(=O)C(CC(=O)O)NC(=O)[C@H]([C@@H](C)CC)N1CC[C@@H](NC(=O)Cc2ccc(NC(=O)c3ccc4ncccc4c3)cc2)C1=O)C(N)=O. The molecule has 0 radical (unpaired) electrons. The Morgan fingerprint density at radius 3 is 2.20 bits per heavy atom. The summed E-state index contributed by atoms with van der Waals surface area (Å²) in [6.07, 6.45) is 1.99. The van der Waals surface area contributed by atoms with Crippen LogP contribution in [0, 0.1) is 17.2 Å². The molecule has 7 atom stereocenters. The fraction of sp³-hybridized carbons (Fsp3) is 0.455. The Kier molecular flexibility index (Phi) is 18.1. The normalized spacial score (nSPS) is 16.3. The molecule has 2 aromatic carbocycles. The molecule has 4 rings (SSSR count). The van der Waals surface area contributed by atoms with Crippen LogP contribution in [-0.4, -0.2) is 112 Å². The number of likely N-dealkylation sites (tertiary alicyclic amines) is 1. The van der Waals surface area contributed by atoms with E-state index >= 15 is 0 Å². The smallest absolute Gasteiger partial charge is 0.305 e. The number of fused-ring (bicyclic) bond motifs is 1. The molecule has 20 nitrogen and oxygen atoms in total. The minimum atomic E-state index is -1.69. The van der Waals surface area contributed by atoms with E-state index in [2.05, 4.69) is 36.9 Å². The van der Waals surface area contributed by atoms with Crippen LogP contribution in [0.5, 0.6) is 0 Å². The van der Waals surface area contributed by atoms with E-state index in [1.54, 1.807) is 82.4 Å². The van der Waals surface area contributed by atoms with Crippen molar-refractivity contribution < 1.29 is 43.5 Å². The maximum Gasteiger partial charge on any atom is 0.305 e. The van der Waals surface area contributed by atoms with Gasteiger partial charge in [-0.2, -0.15) is 0 Å². The van der Waals surface area contributed by atoms with Crippen molar-refractivity contribution in [2.75, 3.05) is 18.4 Å². The quantitative estimate of drug-likeness (QED) is 0.0361. The molecule has 0 bridgehead atoms.